The van der Waals surface area contributed by atoms with Crippen molar-refractivity contribution in [2.45, 2.75) is 5.54 Å². The number of hydrogen-bond acceptors (Lipinski definition) is 4. The zero-order chi connectivity index (χ0) is 14.4. The van der Waals surface area contributed by atoms with Crippen molar-refractivity contribution in [3.8, 4) is 0 Å². The summed E-state index contributed by atoms with van der Waals surface area (Å²) in [5.41, 5.74) is -0.401. The summed E-state index contributed by atoms with van der Waals surface area (Å²) in [6.45, 7) is 0. The van der Waals surface area contributed by atoms with Gasteiger partial charge in [0.1, 0.15) is 0 Å². The summed E-state index contributed by atoms with van der Waals surface area (Å²) in [5, 5.41) is 0. The SMILES string of the molecule is COC(=O)C(N=C=O)(c1ccccc1)c1ccccc1. The third-order valence-electron chi connectivity index (χ3n) is 3.08. The molecule has 0 spiro atoms. The molecule has 0 N–H and O–H groups in total. The van der Waals surface area contributed by atoms with E-state index in [2.05, 4.69) is 4.99 Å². The van der Waals surface area contributed by atoms with E-state index in [1.54, 1.807) is 48.5 Å². The zero-order valence-electron chi connectivity index (χ0n) is 10.9. The van der Waals surface area contributed by atoms with E-state index in [1.807, 2.05) is 12.1 Å². The minimum absolute atomic E-state index is 0.557. The van der Waals surface area contributed by atoms with Gasteiger partial charge in [-0.1, -0.05) is 60.7 Å². The quantitative estimate of drug-likeness (QED) is 0.485. The minimum atomic E-state index is -1.51. The molecule has 100 valence electrons. The molecular formula is C16H13NO3. The average molecular weight is 267 g/mol. The van der Waals surface area contributed by atoms with Crippen molar-refractivity contribution in [2.75, 3.05) is 7.11 Å². The molecule has 0 heterocycles. The molecule has 0 aromatic heterocycles. The molecule has 0 unspecified atom stereocenters. The predicted octanol–water partition coefficient (Wildman–Crippen LogP) is 2.44. The van der Waals surface area contributed by atoms with E-state index in [1.165, 1.54) is 13.2 Å². The molecule has 0 amide bonds. The van der Waals surface area contributed by atoms with Crippen LogP contribution < -0.4 is 0 Å². The highest BCUT2D eigenvalue weighted by Crippen LogP contribution is 2.34. The van der Waals surface area contributed by atoms with Crippen molar-refractivity contribution in [1.82, 2.24) is 0 Å². The lowest BCUT2D eigenvalue weighted by molar-refractivity contribution is -0.145. The van der Waals surface area contributed by atoms with Crippen LogP contribution in [0.3, 0.4) is 0 Å². The second-order valence-corrected chi connectivity index (χ2v) is 4.14. The van der Waals surface area contributed by atoms with Gasteiger partial charge in [-0.15, -0.1) is 0 Å². The number of nitrogens with zero attached hydrogens (tertiary/aromatic N) is 1. The molecule has 0 radical (unpaired) electrons. The minimum Gasteiger partial charge on any atom is -0.467 e. The molecule has 2 aromatic carbocycles. The second kappa shape index (κ2) is 5.95. The van der Waals surface area contributed by atoms with Crippen molar-refractivity contribution in [3.05, 3.63) is 71.8 Å². The largest absolute Gasteiger partial charge is 0.467 e. The van der Waals surface area contributed by atoms with E-state index in [-0.39, 0.29) is 0 Å². The zero-order valence-corrected chi connectivity index (χ0v) is 10.9. The van der Waals surface area contributed by atoms with E-state index < -0.39 is 11.5 Å². The lowest BCUT2D eigenvalue weighted by atomic mass is 9.83. The van der Waals surface area contributed by atoms with Crippen LogP contribution in [0.2, 0.25) is 0 Å². The molecular weight excluding hydrogens is 254 g/mol. The van der Waals surface area contributed by atoms with Crippen molar-refractivity contribution in [3.63, 3.8) is 0 Å². The number of esters is 1. The summed E-state index contributed by atoms with van der Waals surface area (Å²) in [7, 11) is 1.27. The average Bonchev–Trinajstić information content (AvgIpc) is 2.53. The first-order valence-corrected chi connectivity index (χ1v) is 6.04. The van der Waals surface area contributed by atoms with Gasteiger partial charge < -0.3 is 4.74 Å². The van der Waals surface area contributed by atoms with Gasteiger partial charge in [0.25, 0.3) is 0 Å². The molecule has 20 heavy (non-hydrogen) atoms. The maximum atomic E-state index is 12.3. The first-order valence-electron chi connectivity index (χ1n) is 6.04. The fourth-order valence-corrected chi connectivity index (χ4v) is 2.15. The fraction of sp³-hybridized carbons (Fsp3) is 0.125. The van der Waals surface area contributed by atoms with Gasteiger partial charge >= 0.3 is 5.97 Å². The van der Waals surface area contributed by atoms with Gasteiger partial charge in [0.2, 0.25) is 11.6 Å². The van der Waals surface area contributed by atoms with Gasteiger partial charge in [-0.05, 0) is 11.1 Å². The van der Waals surface area contributed by atoms with Gasteiger partial charge in [-0.25, -0.2) is 9.59 Å². The molecule has 2 rings (SSSR count). The van der Waals surface area contributed by atoms with Crippen LogP contribution >= 0.6 is 0 Å². The molecule has 0 bridgehead atoms. The van der Waals surface area contributed by atoms with Crippen LogP contribution in [0.1, 0.15) is 11.1 Å². The Hall–Kier alpha value is -2.71. The molecule has 0 atom stereocenters. The van der Waals surface area contributed by atoms with Crippen LogP contribution in [0.25, 0.3) is 0 Å². The lowest BCUT2D eigenvalue weighted by Gasteiger charge is -2.26. The standard InChI is InChI=1S/C16H13NO3/c1-20-15(19)16(17-12-18,13-8-4-2-5-9-13)14-10-6-3-7-11-14/h2-11H,1H3. The summed E-state index contributed by atoms with van der Waals surface area (Å²) in [5.74, 6) is -0.627. The molecule has 0 aliphatic heterocycles. The smallest absolute Gasteiger partial charge is 0.344 e. The Morgan fingerprint density at radius 3 is 1.80 bits per heavy atom. The van der Waals surface area contributed by atoms with E-state index in [4.69, 9.17) is 4.74 Å². The van der Waals surface area contributed by atoms with E-state index in [9.17, 15) is 9.59 Å². The number of ether oxygens (including phenoxy) is 1. The van der Waals surface area contributed by atoms with E-state index >= 15 is 0 Å². The first kappa shape index (κ1) is 13.7. The molecule has 0 aliphatic rings. The molecule has 0 fully saturated rings. The van der Waals surface area contributed by atoms with Gasteiger partial charge in [0.15, 0.2) is 0 Å². The van der Waals surface area contributed by atoms with Gasteiger partial charge in [-0.3, -0.25) is 0 Å². The number of carbonyl (C=O) groups is 1. The molecule has 0 aliphatic carbocycles. The Bertz CT molecular complexity index is 592. The lowest BCUT2D eigenvalue weighted by Crippen LogP contribution is -2.36. The molecule has 2 aromatic rings. The van der Waals surface area contributed by atoms with Crippen molar-refractivity contribution < 1.29 is 14.3 Å². The fourth-order valence-electron chi connectivity index (χ4n) is 2.15. The topological polar surface area (TPSA) is 55.7 Å². The highest BCUT2D eigenvalue weighted by molar-refractivity contribution is 5.88. The monoisotopic (exact) mass is 267 g/mol. The van der Waals surface area contributed by atoms with Gasteiger partial charge in [0, 0.05) is 0 Å². The maximum absolute atomic E-state index is 12.3. The van der Waals surface area contributed by atoms with Crippen LogP contribution in [0.15, 0.2) is 65.7 Å². The summed E-state index contributed by atoms with van der Waals surface area (Å²) in [6.07, 6.45) is 1.49. The first-order chi connectivity index (χ1) is 9.75. The Balaban J connectivity index is 2.76. The number of rotatable bonds is 4. The maximum Gasteiger partial charge on any atom is 0.344 e. The van der Waals surface area contributed by atoms with Crippen LogP contribution in [0.5, 0.6) is 0 Å². The summed E-state index contributed by atoms with van der Waals surface area (Å²) in [6, 6.07) is 17.6. The van der Waals surface area contributed by atoms with Crippen molar-refractivity contribution in [1.29, 1.82) is 0 Å². The number of methoxy groups -OCH3 is 1. The van der Waals surface area contributed by atoms with E-state index in [0.717, 1.165) is 0 Å². The Kier molecular flexibility index (Phi) is 4.08. The Labute approximate surface area is 116 Å². The normalized spacial score (nSPS) is 10.4. The number of isocyanates is 1. The number of carbonyl (C=O) groups excluding carboxylic acids is 2. The third-order valence-corrected chi connectivity index (χ3v) is 3.08. The number of hydrogen-bond donors (Lipinski definition) is 0. The summed E-state index contributed by atoms with van der Waals surface area (Å²) >= 11 is 0. The number of aliphatic imine (C=N–C) groups is 1. The highest BCUT2D eigenvalue weighted by atomic mass is 16.5. The molecule has 0 saturated heterocycles. The predicted molar refractivity (Wildman–Crippen MR) is 73.8 cm³/mol. The van der Waals surface area contributed by atoms with Gasteiger partial charge in [0.05, 0.1) is 7.11 Å². The van der Waals surface area contributed by atoms with Crippen LogP contribution in [-0.4, -0.2) is 19.2 Å². The highest BCUT2D eigenvalue weighted by Gasteiger charge is 2.43. The molecule has 0 saturated carbocycles. The third kappa shape index (κ3) is 2.25. The van der Waals surface area contributed by atoms with Crippen molar-refractivity contribution in [2.24, 2.45) is 4.99 Å². The Morgan fingerprint density at radius 1 is 1.00 bits per heavy atom. The van der Waals surface area contributed by atoms with Crippen LogP contribution in [0, 0.1) is 0 Å². The van der Waals surface area contributed by atoms with Crippen LogP contribution in [0.4, 0.5) is 0 Å². The molecule has 4 heteroatoms. The van der Waals surface area contributed by atoms with Crippen molar-refractivity contribution >= 4 is 12.0 Å². The summed E-state index contributed by atoms with van der Waals surface area (Å²) in [4.78, 5) is 27.0. The number of benzene rings is 2. The molecule has 4 nitrogen and oxygen atoms in total. The Morgan fingerprint density at radius 2 is 1.45 bits per heavy atom. The van der Waals surface area contributed by atoms with Crippen LogP contribution in [-0.2, 0) is 19.9 Å². The second-order valence-electron chi connectivity index (χ2n) is 4.14. The van der Waals surface area contributed by atoms with Gasteiger partial charge in [-0.2, -0.15) is 4.99 Å². The van der Waals surface area contributed by atoms with E-state index in [0.29, 0.717) is 11.1 Å². The summed E-state index contributed by atoms with van der Waals surface area (Å²) < 4.78 is 4.87.